The summed E-state index contributed by atoms with van der Waals surface area (Å²) in [6.45, 7) is 0. The molecule has 0 heterocycles. The van der Waals surface area contributed by atoms with Gasteiger partial charge >= 0.3 is 6.36 Å². The fourth-order valence-electron chi connectivity index (χ4n) is 0.821. The van der Waals surface area contributed by atoms with Gasteiger partial charge < -0.3 is 9.29 Å². The molecule has 0 radical (unpaired) electrons. The molecule has 0 amide bonds. The van der Waals surface area contributed by atoms with Crippen LogP contribution >= 0.6 is 11.6 Å². The molecule has 15 heavy (non-hydrogen) atoms. The lowest BCUT2D eigenvalue weighted by molar-refractivity contribution is -0.275. The van der Waals surface area contributed by atoms with E-state index in [2.05, 4.69) is 4.74 Å². The molecule has 0 aliphatic rings. The standard InChI is InChI=1S/C7H4ClF3O3S/c8-4-1-2-5(14-7(9,10)11)6(3-4)15(12)13/h1-3H,(H,12,13)/p-1. The van der Waals surface area contributed by atoms with Crippen molar-refractivity contribution in [1.29, 1.82) is 0 Å². The molecule has 1 aromatic rings. The van der Waals surface area contributed by atoms with Crippen LogP contribution in [-0.2, 0) is 11.1 Å². The van der Waals surface area contributed by atoms with Crippen LogP contribution in [0.2, 0.25) is 5.02 Å². The summed E-state index contributed by atoms with van der Waals surface area (Å²) in [5, 5.41) is 0.00345. The Balaban J connectivity index is 3.12. The SMILES string of the molecule is O=S([O-])c1cc(Cl)ccc1OC(F)(F)F. The van der Waals surface area contributed by atoms with Gasteiger partial charge in [0, 0.05) is 5.02 Å². The van der Waals surface area contributed by atoms with E-state index in [1.54, 1.807) is 0 Å². The topological polar surface area (TPSA) is 49.4 Å². The van der Waals surface area contributed by atoms with Crippen molar-refractivity contribution in [3.8, 4) is 5.75 Å². The third-order valence-electron chi connectivity index (χ3n) is 1.31. The Morgan fingerprint density at radius 3 is 2.47 bits per heavy atom. The second-order valence-corrected chi connectivity index (χ2v) is 3.72. The number of hydrogen-bond donors (Lipinski definition) is 0. The average molecular weight is 260 g/mol. The maximum absolute atomic E-state index is 11.8. The molecule has 0 saturated heterocycles. The first kappa shape index (κ1) is 12.3. The van der Waals surface area contributed by atoms with Crippen LogP contribution in [0.5, 0.6) is 5.75 Å². The van der Waals surface area contributed by atoms with E-state index >= 15 is 0 Å². The first-order valence-electron chi connectivity index (χ1n) is 3.44. The van der Waals surface area contributed by atoms with Crippen molar-refractivity contribution in [3.63, 3.8) is 0 Å². The molecule has 1 unspecified atom stereocenters. The first-order chi connectivity index (χ1) is 6.79. The van der Waals surface area contributed by atoms with Crippen LogP contribution in [-0.4, -0.2) is 15.1 Å². The Morgan fingerprint density at radius 2 is 2.00 bits per heavy atom. The van der Waals surface area contributed by atoms with Gasteiger partial charge in [0.25, 0.3) is 0 Å². The molecule has 1 aromatic carbocycles. The van der Waals surface area contributed by atoms with Gasteiger partial charge in [-0.1, -0.05) is 11.6 Å². The molecule has 0 aromatic heterocycles. The third-order valence-corrected chi connectivity index (χ3v) is 2.22. The second-order valence-electron chi connectivity index (χ2n) is 2.37. The van der Waals surface area contributed by atoms with Gasteiger partial charge in [0.15, 0.2) is 0 Å². The second kappa shape index (κ2) is 4.38. The Labute approximate surface area is 90.1 Å². The minimum absolute atomic E-state index is 0.00345. The third kappa shape index (κ3) is 3.69. The number of ether oxygens (including phenoxy) is 1. The first-order valence-corrected chi connectivity index (χ1v) is 4.89. The predicted molar refractivity (Wildman–Crippen MR) is 45.3 cm³/mol. The van der Waals surface area contributed by atoms with Gasteiger partial charge in [0.05, 0.1) is 4.90 Å². The molecule has 0 bridgehead atoms. The average Bonchev–Trinajstić information content (AvgIpc) is 2.05. The monoisotopic (exact) mass is 259 g/mol. The zero-order valence-corrected chi connectivity index (χ0v) is 8.45. The summed E-state index contributed by atoms with van der Waals surface area (Å²) >= 11 is 2.58. The fraction of sp³-hybridized carbons (Fsp3) is 0.143. The molecular formula is C7H3ClF3O3S-. The summed E-state index contributed by atoms with van der Waals surface area (Å²) in [4.78, 5) is -0.639. The minimum atomic E-state index is -4.94. The van der Waals surface area contributed by atoms with Crippen LogP contribution in [0.1, 0.15) is 0 Å². The summed E-state index contributed by atoms with van der Waals surface area (Å²) in [5.41, 5.74) is 0. The van der Waals surface area contributed by atoms with E-state index in [1.807, 2.05) is 0 Å². The lowest BCUT2D eigenvalue weighted by Crippen LogP contribution is -2.18. The molecule has 1 atom stereocenters. The number of benzene rings is 1. The molecule has 0 N–H and O–H groups in total. The van der Waals surface area contributed by atoms with Crippen LogP contribution < -0.4 is 4.74 Å². The number of alkyl halides is 3. The zero-order chi connectivity index (χ0) is 11.6. The number of hydrogen-bond acceptors (Lipinski definition) is 3. The van der Waals surface area contributed by atoms with Gasteiger partial charge in [-0.2, -0.15) is 0 Å². The van der Waals surface area contributed by atoms with E-state index in [0.29, 0.717) is 0 Å². The van der Waals surface area contributed by atoms with Gasteiger partial charge in [-0.3, -0.25) is 4.21 Å². The zero-order valence-electron chi connectivity index (χ0n) is 6.88. The number of rotatable bonds is 2. The Kier molecular flexibility index (Phi) is 3.58. The fourth-order valence-corrected chi connectivity index (χ4v) is 1.56. The van der Waals surface area contributed by atoms with E-state index < -0.39 is 28.1 Å². The smallest absolute Gasteiger partial charge is 0.573 e. The molecule has 0 saturated carbocycles. The van der Waals surface area contributed by atoms with Crippen molar-refractivity contribution >= 4 is 22.7 Å². The molecule has 0 spiro atoms. The highest BCUT2D eigenvalue weighted by molar-refractivity contribution is 7.79. The molecule has 0 aliphatic heterocycles. The largest absolute Gasteiger partial charge is 0.768 e. The van der Waals surface area contributed by atoms with Crippen LogP contribution in [0.3, 0.4) is 0 Å². The van der Waals surface area contributed by atoms with Crippen molar-refractivity contribution in [2.45, 2.75) is 11.3 Å². The normalized spacial score (nSPS) is 13.7. The van der Waals surface area contributed by atoms with Crippen LogP contribution in [0, 0.1) is 0 Å². The number of halogens is 4. The van der Waals surface area contributed by atoms with Crippen LogP contribution in [0.15, 0.2) is 23.1 Å². The van der Waals surface area contributed by atoms with Gasteiger partial charge in [-0.25, -0.2) is 0 Å². The van der Waals surface area contributed by atoms with Crippen molar-refractivity contribution in [3.05, 3.63) is 23.2 Å². The molecular weight excluding hydrogens is 257 g/mol. The van der Waals surface area contributed by atoms with E-state index in [-0.39, 0.29) is 5.02 Å². The summed E-state index contributed by atoms with van der Waals surface area (Å²) in [6, 6.07) is 2.80. The summed E-state index contributed by atoms with van der Waals surface area (Å²) in [7, 11) is 0. The molecule has 8 heteroatoms. The van der Waals surface area contributed by atoms with E-state index in [4.69, 9.17) is 11.6 Å². The lowest BCUT2D eigenvalue weighted by atomic mass is 10.3. The van der Waals surface area contributed by atoms with Gasteiger partial charge in [0.1, 0.15) is 5.75 Å². The highest BCUT2D eigenvalue weighted by atomic mass is 35.5. The van der Waals surface area contributed by atoms with Crippen LogP contribution in [0.25, 0.3) is 0 Å². The van der Waals surface area contributed by atoms with Crippen LogP contribution in [0.4, 0.5) is 13.2 Å². The summed E-state index contributed by atoms with van der Waals surface area (Å²) < 4.78 is 60.1. The van der Waals surface area contributed by atoms with Gasteiger partial charge in [0.2, 0.25) is 0 Å². The Bertz CT molecular complexity index is 394. The minimum Gasteiger partial charge on any atom is -0.768 e. The summed E-state index contributed by atoms with van der Waals surface area (Å²) in [5.74, 6) is -0.805. The quantitative estimate of drug-likeness (QED) is 0.767. The predicted octanol–water partition coefficient (Wildman–Crippen LogP) is 2.48. The Morgan fingerprint density at radius 1 is 1.40 bits per heavy atom. The molecule has 1 rings (SSSR count). The maximum atomic E-state index is 11.8. The lowest BCUT2D eigenvalue weighted by Gasteiger charge is -2.14. The van der Waals surface area contributed by atoms with Crippen molar-refractivity contribution in [2.75, 3.05) is 0 Å². The van der Waals surface area contributed by atoms with Crippen molar-refractivity contribution < 1.29 is 26.7 Å². The summed E-state index contributed by atoms with van der Waals surface area (Å²) in [6.07, 6.45) is -4.94. The van der Waals surface area contributed by atoms with E-state index in [1.165, 1.54) is 0 Å². The van der Waals surface area contributed by atoms with Gasteiger partial charge in [-0.05, 0) is 29.3 Å². The molecule has 0 fully saturated rings. The molecule has 3 nitrogen and oxygen atoms in total. The van der Waals surface area contributed by atoms with E-state index in [9.17, 15) is 21.9 Å². The van der Waals surface area contributed by atoms with Crippen molar-refractivity contribution in [2.24, 2.45) is 0 Å². The van der Waals surface area contributed by atoms with Crippen molar-refractivity contribution in [1.82, 2.24) is 0 Å². The van der Waals surface area contributed by atoms with E-state index in [0.717, 1.165) is 18.2 Å². The maximum Gasteiger partial charge on any atom is 0.573 e. The highest BCUT2D eigenvalue weighted by Crippen LogP contribution is 2.30. The Hall–Kier alpha value is -0.790. The highest BCUT2D eigenvalue weighted by Gasteiger charge is 2.32. The molecule has 84 valence electrons. The molecule has 0 aliphatic carbocycles. The van der Waals surface area contributed by atoms with Gasteiger partial charge in [-0.15, -0.1) is 13.2 Å².